The molecule has 2 aliphatic heterocycles. The summed E-state index contributed by atoms with van der Waals surface area (Å²) in [4.78, 5) is 5.47. The molecule has 0 aromatic carbocycles. The average Bonchev–Trinajstić information content (AvgIpc) is 2.40. The number of piperidine rings is 2. The van der Waals surface area contributed by atoms with Crippen LogP contribution in [-0.4, -0.2) is 47.1 Å². The van der Waals surface area contributed by atoms with Crippen LogP contribution in [0.15, 0.2) is 0 Å². The lowest BCUT2D eigenvalue weighted by atomic mass is 9.76. The minimum absolute atomic E-state index is 0.330. The topological polar surface area (TPSA) is 6.48 Å². The fourth-order valence-corrected chi connectivity index (χ4v) is 4.62. The fourth-order valence-electron chi connectivity index (χ4n) is 4.62. The van der Waals surface area contributed by atoms with Crippen molar-refractivity contribution >= 4 is 0 Å². The van der Waals surface area contributed by atoms with Crippen LogP contribution in [0.25, 0.3) is 0 Å². The van der Waals surface area contributed by atoms with Gasteiger partial charge in [-0.2, -0.15) is 0 Å². The second-order valence-corrected chi connectivity index (χ2v) is 9.85. The van der Waals surface area contributed by atoms with E-state index in [1.54, 1.807) is 0 Å². The second kappa shape index (κ2) is 6.81. The third-order valence-electron chi connectivity index (χ3n) is 6.31. The first kappa shape index (κ1) is 18.3. The summed E-state index contributed by atoms with van der Waals surface area (Å²) in [5.74, 6) is 2.61. The van der Waals surface area contributed by atoms with Crippen LogP contribution in [0.5, 0.6) is 0 Å². The maximum atomic E-state index is 2.78. The zero-order valence-corrected chi connectivity index (χ0v) is 16.3. The Morgan fingerprint density at radius 1 is 0.864 bits per heavy atom. The van der Waals surface area contributed by atoms with Gasteiger partial charge in [0.25, 0.3) is 0 Å². The molecule has 0 aliphatic carbocycles. The Balaban J connectivity index is 1.92. The van der Waals surface area contributed by atoms with Crippen molar-refractivity contribution in [1.29, 1.82) is 0 Å². The van der Waals surface area contributed by atoms with Crippen LogP contribution in [0.4, 0.5) is 0 Å². The highest BCUT2D eigenvalue weighted by molar-refractivity contribution is 4.92. The highest BCUT2D eigenvalue weighted by Gasteiger charge is 2.37. The van der Waals surface area contributed by atoms with E-state index < -0.39 is 0 Å². The zero-order valence-electron chi connectivity index (χ0n) is 16.3. The highest BCUT2D eigenvalue weighted by Crippen LogP contribution is 2.36. The molecule has 0 aromatic rings. The molecular formula is C20H40N2. The van der Waals surface area contributed by atoms with Crippen molar-refractivity contribution in [2.75, 3.05) is 26.2 Å². The molecule has 3 atom stereocenters. The summed E-state index contributed by atoms with van der Waals surface area (Å²) in [6.07, 6.45) is 5.57. The SMILES string of the molecule is CC1CN(C(C)(C)C)CCC1CC(C)(C)N1CCC[C@H](C)C1. The standard InChI is InChI=1S/C20H40N2/c1-16-9-8-11-22(14-16)20(6,7)13-18-10-12-21(15-17(18)2)19(3,4)5/h16-18H,8-15H2,1-7H3/t16-,17?,18?/m0/s1. The molecule has 2 nitrogen and oxygen atoms in total. The molecule has 130 valence electrons. The van der Waals surface area contributed by atoms with Crippen LogP contribution < -0.4 is 0 Å². The predicted molar refractivity (Wildman–Crippen MR) is 97.3 cm³/mol. The molecule has 0 radical (unpaired) electrons. The molecule has 2 heterocycles. The van der Waals surface area contributed by atoms with Crippen molar-refractivity contribution in [3.05, 3.63) is 0 Å². The first-order valence-corrected chi connectivity index (χ1v) is 9.59. The maximum Gasteiger partial charge on any atom is 0.0156 e. The number of likely N-dealkylation sites (tertiary alicyclic amines) is 2. The number of nitrogens with zero attached hydrogens (tertiary/aromatic N) is 2. The van der Waals surface area contributed by atoms with Crippen molar-refractivity contribution in [2.45, 2.75) is 85.2 Å². The van der Waals surface area contributed by atoms with Gasteiger partial charge in [0.15, 0.2) is 0 Å². The van der Waals surface area contributed by atoms with Gasteiger partial charge in [-0.3, -0.25) is 9.80 Å². The van der Waals surface area contributed by atoms with Crippen molar-refractivity contribution in [2.24, 2.45) is 17.8 Å². The summed E-state index contributed by atoms with van der Waals surface area (Å²) >= 11 is 0. The summed E-state index contributed by atoms with van der Waals surface area (Å²) in [6, 6.07) is 0. The monoisotopic (exact) mass is 308 g/mol. The molecule has 22 heavy (non-hydrogen) atoms. The van der Waals surface area contributed by atoms with Crippen molar-refractivity contribution in [1.82, 2.24) is 9.80 Å². The lowest BCUT2D eigenvalue weighted by Crippen LogP contribution is -2.53. The minimum Gasteiger partial charge on any atom is -0.298 e. The first-order chi connectivity index (χ1) is 10.1. The van der Waals surface area contributed by atoms with Gasteiger partial charge in [-0.15, -0.1) is 0 Å². The molecule has 2 aliphatic rings. The molecule has 0 amide bonds. The van der Waals surface area contributed by atoms with E-state index in [-0.39, 0.29) is 0 Å². The normalized spacial score (nSPS) is 33.1. The Morgan fingerprint density at radius 3 is 2.09 bits per heavy atom. The van der Waals surface area contributed by atoms with Gasteiger partial charge < -0.3 is 0 Å². The van der Waals surface area contributed by atoms with Gasteiger partial charge >= 0.3 is 0 Å². The Morgan fingerprint density at radius 2 is 1.55 bits per heavy atom. The molecule has 2 heteroatoms. The lowest BCUT2D eigenvalue weighted by molar-refractivity contribution is 0.00843. The van der Waals surface area contributed by atoms with Gasteiger partial charge in [-0.1, -0.05) is 13.8 Å². The van der Waals surface area contributed by atoms with E-state index in [0.29, 0.717) is 11.1 Å². The van der Waals surface area contributed by atoms with E-state index in [0.717, 1.165) is 17.8 Å². The average molecular weight is 309 g/mol. The van der Waals surface area contributed by atoms with Gasteiger partial charge in [0.05, 0.1) is 0 Å². The summed E-state index contributed by atoms with van der Waals surface area (Å²) in [6.45, 7) is 22.2. The van der Waals surface area contributed by atoms with Crippen molar-refractivity contribution in [3.63, 3.8) is 0 Å². The first-order valence-electron chi connectivity index (χ1n) is 9.59. The number of hydrogen-bond donors (Lipinski definition) is 0. The lowest BCUT2D eigenvalue weighted by Gasteiger charge is -2.49. The summed E-state index contributed by atoms with van der Waals surface area (Å²) < 4.78 is 0. The van der Waals surface area contributed by atoms with Crippen LogP contribution in [0.3, 0.4) is 0 Å². The van der Waals surface area contributed by atoms with E-state index in [4.69, 9.17) is 0 Å². The Bertz CT molecular complexity index is 355. The molecule has 0 N–H and O–H groups in total. The Kier molecular flexibility index (Phi) is 5.65. The molecule has 0 aromatic heterocycles. The van der Waals surface area contributed by atoms with Gasteiger partial charge in [0, 0.05) is 24.2 Å². The molecule has 0 bridgehead atoms. The molecule has 2 fully saturated rings. The molecule has 2 saturated heterocycles. The Hall–Kier alpha value is -0.0800. The molecular weight excluding hydrogens is 268 g/mol. The smallest absolute Gasteiger partial charge is 0.0156 e. The third-order valence-corrected chi connectivity index (χ3v) is 6.31. The summed E-state index contributed by atoms with van der Waals surface area (Å²) in [5.41, 5.74) is 0.703. The zero-order chi connectivity index (χ0) is 16.5. The molecule has 0 saturated carbocycles. The van der Waals surface area contributed by atoms with E-state index in [2.05, 4.69) is 58.3 Å². The minimum atomic E-state index is 0.330. The van der Waals surface area contributed by atoms with Gasteiger partial charge in [0.1, 0.15) is 0 Å². The van der Waals surface area contributed by atoms with Gasteiger partial charge in [0.2, 0.25) is 0 Å². The summed E-state index contributed by atoms with van der Waals surface area (Å²) in [5, 5.41) is 0. The van der Waals surface area contributed by atoms with Crippen LogP contribution in [0.2, 0.25) is 0 Å². The van der Waals surface area contributed by atoms with Crippen LogP contribution in [0.1, 0.15) is 74.1 Å². The number of hydrogen-bond acceptors (Lipinski definition) is 2. The van der Waals surface area contributed by atoms with E-state index in [9.17, 15) is 0 Å². The molecule has 2 rings (SSSR count). The van der Waals surface area contributed by atoms with Crippen molar-refractivity contribution < 1.29 is 0 Å². The third kappa shape index (κ3) is 4.47. The Labute approximate surface area is 139 Å². The predicted octanol–water partition coefficient (Wildman–Crippen LogP) is 4.64. The largest absolute Gasteiger partial charge is 0.298 e. The fraction of sp³-hybridized carbons (Fsp3) is 1.00. The van der Waals surface area contributed by atoms with E-state index in [1.807, 2.05) is 0 Å². The van der Waals surface area contributed by atoms with E-state index >= 15 is 0 Å². The quantitative estimate of drug-likeness (QED) is 0.749. The second-order valence-electron chi connectivity index (χ2n) is 9.85. The van der Waals surface area contributed by atoms with Gasteiger partial charge in [-0.05, 0) is 91.1 Å². The van der Waals surface area contributed by atoms with Crippen LogP contribution in [0, 0.1) is 17.8 Å². The van der Waals surface area contributed by atoms with E-state index in [1.165, 1.54) is 51.9 Å². The highest BCUT2D eigenvalue weighted by atomic mass is 15.2. The molecule has 2 unspecified atom stereocenters. The maximum absolute atomic E-state index is 2.78. The van der Waals surface area contributed by atoms with Gasteiger partial charge in [-0.25, -0.2) is 0 Å². The van der Waals surface area contributed by atoms with Crippen LogP contribution in [-0.2, 0) is 0 Å². The van der Waals surface area contributed by atoms with Crippen LogP contribution >= 0.6 is 0 Å². The summed E-state index contributed by atoms with van der Waals surface area (Å²) in [7, 11) is 0. The molecule has 0 spiro atoms. The van der Waals surface area contributed by atoms with Crippen molar-refractivity contribution in [3.8, 4) is 0 Å². The number of rotatable bonds is 3.